The molecule has 0 aliphatic heterocycles. The van der Waals surface area contributed by atoms with Gasteiger partial charge in [-0.25, -0.2) is 4.39 Å². The highest BCUT2D eigenvalue weighted by Crippen LogP contribution is 2.22. The van der Waals surface area contributed by atoms with Crippen LogP contribution in [0.3, 0.4) is 0 Å². The third-order valence-electron chi connectivity index (χ3n) is 3.09. The summed E-state index contributed by atoms with van der Waals surface area (Å²) in [6, 6.07) is 10.0. The van der Waals surface area contributed by atoms with Crippen LogP contribution in [-0.4, -0.2) is 13.0 Å². The molecule has 0 unspecified atom stereocenters. The van der Waals surface area contributed by atoms with Crippen LogP contribution in [0.4, 0.5) is 10.1 Å². The van der Waals surface area contributed by atoms with E-state index in [0.29, 0.717) is 11.3 Å². The van der Waals surface area contributed by atoms with E-state index in [4.69, 9.17) is 4.74 Å². The molecule has 3 nitrogen and oxygen atoms in total. The molecule has 0 radical (unpaired) electrons. The van der Waals surface area contributed by atoms with Gasteiger partial charge in [-0.05, 0) is 49.2 Å². The zero-order valence-electron chi connectivity index (χ0n) is 11.7. The maximum atomic E-state index is 13.9. The Morgan fingerprint density at radius 2 is 1.90 bits per heavy atom. The maximum Gasteiger partial charge on any atom is 0.258 e. The molecular weight excluding hydrogens is 257 g/mol. The number of amides is 1. The monoisotopic (exact) mass is 273 g/mol. The van der Waals surface area contributed by atoms with Gasteiger partial charge < -0.3 is 10.1 Å². The van der Waals surface area contributed by atoms with Crippen molar-refractivity contribution in [2.24, 2.45) is 0 Å². The Kier molecular flexibility index (Phi) is 4.03. The highest BCUT2D eigenvalue weighted by molar-refractivity contribution is 6.04. The number of methoxy groups -OCH3 is 1. The van der Waals surface area contributed by atoms with E-state index in [0.717, 1.165) is 11.3 Å². The summed E-state index contributed by atoms with van der Waals surface area (Å²) in [5, 5.41) is 2.68. The number of aryl methyl sites for hydroxylation is 2. The second kappa shape index (κ2) is 5.74. The number of carbonyl (C=O) groups is 1. The number of anilines is 1. The lowest BCUT2D eigenvalue weighted by molar-refractivity contribution is 0.102. The first-order valence-electron chi connectivity index (χ1n) is 6.24. The standard InChI is InChI=1S/C16H16FNO2/c1-10-5-4-6-13(15(10)17)16(19)18-12-7-8-14(20-3)11(2)9-12/h4-9H,1-3H3,(H,18,19). The van der Waals surface area contributed by atoms with Crippen molar-refractivity contribution in [2.45, 2.75) is 13.8 Å². The fraction of sp³-hybridized carbons (Fsp3) is 0.188. The largest absolute Gasteiger partial charge is 0.496 e. The predicted octanol–water partition coefficient (Wildman–Crippen LogP) is 3.70. The minimum Gasteiger partial charge on any atom is -0.496 e. The van der Waals surface area contributed by atoms with E-state index in [2.05, 4.69) is 5.32 Å². The SMILES string of the molecule is COc1ccc(NC(=O)c2cccc(C)c2F)cc1C. The molecule has 0 spiro atoms. The Morgan fingerprint density at radius 1 is 1.15 bits per heavy atom. The predicted molar refractivity (Wildman–Crippen MR) is 76.8 cm³/mol. The molecule has 2 aromatic rings. The number of hydrogen-bond donors (Lipinski definition) is 1. The number of hydrogen-bond acceptors (Lipinski definition) is 2. The van der Waals surface area contributed by atoms with Crippen LogP contribution in [0.1, 0.15) is 21.5 Å². The third-order valence-corrected chi connectivity index (χ3v) is 3.09. The van der Waals surface area contributed by atoms with Gasteiger partial charge >= 0.3 is 0 Å². The van der Waals surface area contributed by atoms with E-state index in [-0.39, 0.29) is 5.56 Å². The molecule has 0 aliphatic rings. The Labute approximate surface area is 117 Å². The van der Waals surface area contributed by atoms with Crippen LogP contribution < -0.4 is 10.1 Å². The molecule has 2 rings (SSSR count). The molecule has 0 fully saturated rings. The molecule has 1 N–H and O–H groups in total. The van der Waals surface area contributed by atoms with Crippen molar-refractivity contribution in [3.63, 3.8) is 0 Å². The van der Waals surface area contributed by atoms with Crippen molar-refractivity contribution in [3.8, 4) is 5.75 Å². The second-order valence-corrected chi connectivity index (χ2v) is 4.57. The van der Waals surface area contributed by atoms with Gasteiger partial charge in [0, 0.05) is 5.69 Å². The molecular formula is C16H16FNO2. The summed E-state index contributed by atoms with van der Waals surface area (Å²) < 4.78 is 19.0. The number of ether oxygens (including phenoxy) is 1. The molecule has 0 aromatic heterocycles. The number of carbonyl (C=O) groups excluding carboxylic acids is 1. The first-order valence-corrected chi connectivity index (χ1v) is 6.24. The molecule has 0 saturated heterocycles. The van der Waals surface area contributed by atoms with E-state index in [9.17, 15) is 9.18 Å². The number of nitrogens with one attached hydrogen (secondary N) is 1. The molecule has 104 valence electrons. The molecule has 0 aliphatic carbocycles. The summed E-state index contributed by atoms with van der Waals surface area (Å²) in [5.41, 5.74) is 1.99. The zero-order chi connectivity index (χ0) is 14.7. The van der Waals surface area contributed by atoms with Gasteiger partial charge in [-0.15, -0.1) is 0 Å². The van der Waals surface area contributed by atoms with Gasteiger partial charge in [0.2, 0.25) is 0 Å². The van der Waals surface area contributed by atoms with E-state index >= 15 is 0 Å². The van der Waals surface area contributed by atoms with E-state index < -0.39 is 11.7 Å². The van der Waals surface area contributed by atoms with Crippen molar-refractivity contribution in [1.29, 1.82) is 0 Å². The Bertz CT molecular complexity index is 653. The van der Waals surface area contributed by atoms with Crippen molar-refractivity contribution < 1.29 is 13.9 Å². The van der Waals surface area contributed by atoms with Crippen molar-refractivity contribution >= 4 is 11.6 Å². The maximum absolute atomic E-state index is 13.9. The molecule has 0 heterocycles. The summed E-state index contributed by atoms with van der Waals surface area (Å²) in [5.74, 6) is -0.212. The molecule has 0 atom stereocenters. The summed E-state index contributed by atoms with van der Waals surface area (Å²) in [7, 11) is 1.59. The quantitative estimate of drug-likeness (QED) is 0.926. The Balaban J connectivity index is 2.24. The van der Waals surface area contributed by atoms with Gasteiger partial charge in [0.25, 0.3) is 5.91 Å². The van der Waals surface area contributed by atoms with E-state index in [1.54, 1.807) is 44.4 Å². The van der Waals surface area contributed by atoms with Crippen molar-refractivity contribution in [1.82, 2.24) is 0 Å². The molecule has 1 amide bonds. The summed E-state index contributed by atoms with van der Waals surface area (Å²) in [4.78, 5) is 12.1. The number of benzene rings is 2. The molecule has 0 saturated carbocycles. The number of halogens is 1. The molecule has 4 heteroatoms. The van der Waals surface area contributed by atoms with Crippen LogP contribution in [0, 0.1) is 19.7 Å². The summed E-state index contributed by atoms with van der Waals surface area (Å²) >= 11 is 0. The van der Waals surface area contributed by atoms with Gasteiger partial charge in [0.05, 0.1) is 12.7 Å². The third kappa shape index (κ3) is 2.79. The minimum absolute atomic E-state index is 0.0403. The van der Waals surface area contributed by atoms with Gasteiger partial charge in [0.1, 0.15) is 11.6 Å². The van der Waals surface area contributed by atoms with Crippen LogP contribution in [-0.2, 0) is 0 Å². The zero-order valence-corrected chi connectivity index (χ0v) is 11.7. The topological polar surface area (TPSA) is 38.3 Å². The van der Waals surface area contributed by atoms with Crippen LogP contribution >= 0.6 is 0 Å². The van der Waals surface area contributed by atoms with Gasteiger partial charge in [0.15, 0.2) is 0 Å². The minimum atomic E-state index is -0.491. The highest BCUT2D eigenvalue weighted by atomic mass is 19.1. The van der Waals surface area contributed by atoms with Crippen LogP contribution in [0.5, 0.6) is 5.75 Å². The van der Waals surface area contributed by atoms with Crippen LogP contribution in [0.15, 0.2) is 36.4 Å². The lowest BCUT2D eigenvalue weighted by Gasteiger charge is -2.10. The lowest BCUT2D eigenvalue weighted by atomic mass is 10.1. The van der Waals surface area contributed by atoms with E-state index in [1.807, 2.05) is 6.92 Å². The average molecular weight is 273 g/mol. The second-order valence-electron chi connectivity index (χ2n) is 4.57. The Hall–Kier alpha value is -2.36. The summed E-state index contributed by atoms with van der Waals surface area (Å²) in [6.45, 7) is 3.51. The van der Waals surface area contributed by atoms with Crippen molar-refractivity contribution in [2.75, 3.05) is 12.4 Å². The average Bonchev–Trinajstić information content (AvgIpc) is 2.42. The highest BCUT2D eigenvalue weighted by Gasteiger charge is 2.13. The molecule has 0 bridgehead atoms. The van der Waals surface area contributed by atoms with Crippen molar-refractivity contribution in [3.05, 3.63) is 58.9 Å². The molecule has 2 aromatic carbocycles. The fourth-order valence-corrected chi connectivity index (χ4v) is 1.98. The van der Waals surface area contributed by atoms with Gasteiger partial charge in [-0.2, -0.15) is 0 Å². The van der Waals surface area contributed by atoms with Gasteiger partial charge in [-0.3, -0.25) is 4.79 Å². The lowest BCUT2D eigenvalue weighted by Crippen LogP contribution is -2.14. The van der Waals surface area contributed by atoms with Gasteiger partial charge in [-0.1, -0.05) is 12.1 Å². The molecule has 20 heavy (non-hydrogen) atoms. The normalized spacial score (nSPS) is 10.2. The number of rotatable bonds is 3. The fourth-order valence-electron chi connectivity index (χ4n) is 1.98. The van der Waals surface area contributed by atoms with E-state index in [1.165, 1.54) is 6.07 Å². The summed E-state index contributed by atoms with van der Waals surface area (Å²) in [6.07, 6.45) is 0. The van der Waals surface area contributed by atoms with Crippen LogP contribution in [0.2, 0.25) is 0 Å². The first kappa shape index (κ1) is 14.1. The smallest absolute Gasteiger partial charge is 0.258 e. The Morgan fingerprint density at radius 3 is 2.55 bits per heavy atom. The first-order chi connectivity index (χ1) is 9.52. The van der Waals surface area contributed by atoms with Crippen LogP contribution in [0.25, 0.3) is 0 Å².